The van der Waals surface area contributed by atoms with E-state index in [1.165, 1.54) is 76.4 Å². The van der Waals surface area contributed by atoms with Crippen molar-refractivity contribution in [3.63, 3.8) is 0 Å². The van der Waals surface area contributed by atoms with Crippen LogP contribution in [0.1, 0.15) is 88.7 Å². The van der Waals surface area contributed by atoms with Gasteiger partial charge in [0.15, 0.2) is 11.5 Å². The van der Waals surface area contributed by atoms with Crippen molar-refractivity contribution in [2.24, 2.45) is 0 Å². The number of rotatable bonds is 8. The maximum Gasteiger partial charge on any atom is 0.328 e. The summed E-state index contributed by atoms with van der Waals surface area (Å²) in [5.41, 5.74) is 9.02. The fraction of sp³-hybridized carbons (Fsp3) is 0.607. The van der Waals surface area contributed by atoms with E-state index in [1.807, 2.05) is 0 Å². The Labute approximate surface area is 214 Å². The third kappa shape index (κ3) is 7.32. The Morgan fingerprint density at radius 3 is 2.08 bits per heavy atom. The van der Waals surface area contributed by atoms with Gasteiger partial charge in [0.25, 0.3) is 0 Å². The molecule has 36 heavy (non-hydrogen) atoms. The predicted octanol–water partition coefficient (Wildman–Crippen LogP) is 5.26. The first-order chi connectivity index (χ1) is 17.6. The summed E-state index contributed by atoms with van der Waals surface area (Å²) >= 11 is 0. The Kier molecular flexibility index (Phi) is 9.78. The largest absolute Gasteiger partial charge is 0.463 e. The molecule has 1 aromatic carbocycles. The van der Waals surface area contributed by atoms with E-state index >= 15 is 0 Å². The molecule has 3 aromatic rings. The quantitative estimate of drug-likeness (QED) is 0.414. The zero-order chi connectivity index (χ0) is 25.2. The van der Waals surface area contributed by atoms with Gasteiger partial charge in [-0.25, -0.2) is 4.79 Å². The second-order valence-corrected chi connectivity index (χ2v) is 10.1. The summed E-state index contributed by atoms with van der Waals surface area (Å²) in [7, 11) is 0. The summed E-state index contributed by atoms with van der Waals surface area (Å²) in [4.78, 5) is 26.4. The number of aromatic nitrogens is 4. The third-order valence-corrected chi connectivity index (χ3v) is 7.08. The minimum absolute atomic E-state index is 0.207. The molecule has 2 fully saturated rings. The van der Waals surface area contributed by atoms with Crippen LogP contribution in [0.3, 0.4) is 0 Å². The summed E-state index contributed by atoms with van der Waals surface area (Å²) in [5.74, 6) is 0.222. The van der Waals surface area contributed by atoms with Crippen LogP contribution < -0.4 is 16.2 Å². The van der Waals surface area contributed by atoms with Gasteiger partial charge < -0.3 is 15.5 Å². The molecule has 2 aromatic heterocycles. The lowest BCUT2D eigenvalue weighted by atomic mass is 10.0. The molecule has 8 heteroatoms. The Hall–Kier alpha value is -2.87. The molecule has 0 amide bonds. The lowest BCUT2D eigenvalue weighted by Crippen LogP contribution is -2.29. The number of imidazole rings is 1. The van der Waals surface area contributed by atoms with Gasteiger partial charge in [0.2, 0.25) is 0 Å². The third-order valence-electron chi connectivity index (χ3n) is 7.08. The standard InChI is InChI=1S/C22H30N6O2.C6H12/c1-2-3-13-30-21-25-19(23)18-20(26-21)28(22(29)24-18)15-17-9-7-16(8-10-17)14-27-11-5-4-6-12-27;1-2-4-6-5-3-1/h7-10H,2-6,11-15H2,1H3,(H,24,29)(H2,23,25,26);1-6H2. The van der Waals surface area contributed by atoms with Gasteiger partial charge in [-0.2, -0.15) is 9.97 Å². The summed E-state index contributed by atoms with van der Waals surface area (Å²) in [6.45, 7) is 6.35. The van der Waals surface area contributed by atoms with Crippen LogP contribution >= 0.6 is 0 Å². The lowest BCUT2D eigenvalue weighted by molar-refractivity contribution is 0.221. The number of H-pyrrole nitrogens is 1. The average molecular weight is 495 g/mol. The zero-order valence-corrected chi connectivity index (χ0v) is 21.8. The SMILES string of the molecule is C1CCCCC1.CCCCOc1nc(N)c2[nH]c(=O)n(Cc3ccc(CN4CCCCC4)cc3)c2n1. The number of hydrogen-bond acceptors (Lipinski definition) is 6. The normalized spacial score (nSPS) is 16.5. The molecule has 8 nitrogen and oxygen atoms in total. The van der Waals surface area contributed by atoms with Crippen molar-refractivity contribution in [2.45, 2.75) is 90.6 Å². The van der Waals surface area contributed by atoms with Gasteiger partial charge in [-0.05, 0) is 43.5 Å². The molecule has 0 bridgehead atoms. The van der Waals surface area contributed by atoms with Crippen molar-refractivity contribution in [1.29, 1.82) is 0 Å². The molecular formula is C28H42N6O2. The van der Waals surface area contributed by atoms with Crippen LogP contribution in [0.4, 0.5) is 5.82 Å². The summed E-state index contributed by atoms with van der Waals surface area (Å²) < 4.78 is 7.18. The van der Waals surface area contributed by atoms with Crippen molar-refractivity contribution < 1.29 is 4.74 Å². The molecule has 0 radical (unpaired) electrons. The van der Waals surface area contributed by atoms with Gasteiger partial charge >= 0.3 is 11.7 Å². The summed E-state index contributed by atoms with van der Waals surface area (Å²) in [6.07, 6.45) is 14.8. The van der Waals surface area contributed by atoms with E-state index in [9.17, 15) is 4.79 Å². The molecule has 196 valence electrons. The highest BCUT2D eigenvalue weighted by atomic mass is 16.5. The smallest absolute Gasteiger partial charge is 0.328 e. The highest BCUT2D eigenvalue weighted by Crippen LogP contribution is 2.19. The second kappa shape index (κ2) is 13.4. The van der Waals surface area contributed by atoms with Gasteiger partial charge in [-0.1, -0.05) is 82.6 Å². The highest BCUT2D eigenvalue weighted by molar-refractivity contribution is 5.81. The van der Waals surface area contributed by atoms with Crippen molar-refractivity contribution >= 4 is 17.0 Å². The number of benzene rings is 1. The number of nitrogens with two attached hydrogens (primary N) is 1. The van der Waals surface area contributed by atoms with Gasteiger partial charge in [0.05, 0.1) is 13.2 Å². The lowest BCUT2D eigenvalue weighted by Gasteiger charge is -2.26. The molecule has 1 saturated carbocycles. The fourth-order valence-corrected chi connectivity index (χ4v) is 4.92. The predicted molar refractivity (Wildman–Crippen MR) is 145 cm³/mol. The fourth-order valence-electron chi connectivity index (χ4n) is 4.92. The molecule has 1 aliphatic heterocycles. The topological polar surface area (TPSA) is 102 Å². The molecule has 5 rings (SSSR count). The van der Waals surface area contributed by atoms with E-state index < -0.39 is 0 Å². The first kappa shape index (κ1) is 26.2. The maximum absolute atomic E-state index is 12.5. The van der Waals surface area contributed by atoms with Crippen molar-refractivity contribution in [1.82, 2.24) is 24.4 Å². The monoisotopic (exact) mass is 494 g/mol. The van der Waals surface area contributed by atoms with E-state index in [0.717, 1.165) is 24.9 Å². The van der Waals surface area contributed by atoms with E-state index in [4.69, 9.17) is 10.5 Å². The van der Waals surface area contributed by atoms with Crippen molar-refractivity contribution in [3.05, 3.63) is 45.9 Å². The minimum Gasteiger partial charge on any atom is -0.463 e. The number of aromatic amines is 1. The van der Waals surface area contributed by atoms with Crippen LogP contribution in [0.15, 0.2) is 29.1 Å². The number of ether oxygens (including phenoxy) is 1. The Morgan fingerprint density at radius 2 is 1.47 bits per heavy atom. The molecule has 1 aliphatic carbocycles. The zero-order valence-electron chi connectivity index (χ0n) is 21.8. The Bertz CT molecular complexity index is 1120. The van der Waals surface area contributed by atoms with Gasteiger partial charge in [-0.15, -0.1) is 0 Å². The average Bonchev–Trinajstić information content (AvgIpc) is 3.23. The van der Waals surface area contributed by atoms with Crippen LogP contribution in [0.2, 0.25) is 0 Å². The number of likely N-dealkylation sites (tertiary alicyclic amines) is 1. The number of anilines is 1. The first-order valence-corrected chi connectivity index (χ1v) is 13.8. The van der Waals surface area contributed by atoms with Gasteiger partial charge in [0.1, 0.15) is 5.52 Å². The van der Waals surface area contributed by atoms with Crippen molar-refractivity contribution in [3.8, 4) is 6.01 Å². The van der Waals surface area contributed by atoms with Gasteiger partial charge in [0, 0.05) is 6.54 Å². The molecule has 0 atom stereocenters. The van der Waals surface area contributed by atoms with Crippen LogP contribution in [0, 0.1) is 0 Å². The summed E-state index contributed by atoms with van der Waals surface area (Å²) in [6, 6.07) is 8.65. The van der Waals surface area contributed by atoms with Crippen LogP contribution in [-0.2, 0) is 13.1 Å². The molecule has 0 unspecified atom stereocenters. The first-order valence-electron chi connectivity index (χ1n) is 13.8. The number of nitrogen functional groups attached to an aromatic ring is 1. The molecule has 0 spiro atoms. The Morgan fingerprint density at radius 1 is 0.889 bits per heavy atom. The van der Waals surface area contributed by atoms with E-state index in [2.05, 4.69) is 51.0 Å². The molecule has 3 heterocycles. The number of piperidine rings is 1. The van der Waals surface area contributed by atoms with Crippen LogP contribution in [-0.4, -0.2) is 44.1 Å². The molecule has 3 N–H and O–H groups in total. The Balaban J connectivity index is 0.000000445. The van der Waals surface area contributed by atoms with E-state index in [1.54, 1.807) is 4.57 Å². The van der Waals surface area contributed by atoms with Crippen LogP contribution in [0.25, 0.3) is 11.2 Å². The number of fused-ring (bicyclic) bond motifs is 1. The number of nitrogens with zero attached hydrogens (tertiary/aromatic N) is 4. The molecule has 1 saturated heterocycles. The van der Waals surface area contributed by atoms with E-state index in [0.29, 0.717) is 24.3 Å². The van der Waals surface area contributed by atoms with Gasteiger partial charge in [-0.3, -0.25) is 9.47 Å². The van der Waals surface area contributed by atoms with Crippen molar-refractivity contribution in [2.75, 3.05) is 25.4 Å². The van der Waals surface area contributed by atoms with E-state index in [-0.39, 0.29) is 17.5 Å². The molecular weight excluding hydrogens is 452 g/mol. The highest BCUT2D eigenvalue weighted by Gasteiger charge is 2.15. The minimum atomic E-state index is -0.255. The maximum atomic E-state index is 12.5. The number of hydrogen-bond donors (Lipinski definition) is 2. The van der Waals surface area contributed by atoms with Crippen LogP contribution in [0.5, 0.6) is 6.01 Å². The summed E-state index contributed by atoms with van der Waals surface area (Å²) in [5, 5.41) is 0. The molecule has 2 aliphatic rings. The number of nitrogens with one attached hydrogen (secondary N) is 1. The second-order valence-electron chi connectivity index (χ2n) is 10.1. The number of unbranched alkanes of at least 4 members (excludes halogenated alkanes) is 1.